The molecule has 1 aliphatic heterocycles. The number of aliphatic hydroxyl groups excluding tert-OH is 1. The Labute approximate surface area is 165 Å². The lowest BCUT2D eigenvalue weighted by molar-refractivity contribution is 0.0279. The van der Waals surface area contributed by atoms with E-state index in [0.717, 1.165) is 11.3 Å². The molecule has 0 radical (unpaired) electrons. The van der Waals surface area contributed by atoms with Crippen LogP contribution in [0.25, 0.3) is 0 Å². The van der Waals surface area contributed by atoms with Gasteiger partial charge in [-0.1, -0.05) is 12.1 Å². The minimum atomic E-state index is -0.821. The first kappa shape index (κ1) is 20.5. The number of aromatic nitrogens is 1. The van der Waals surface area contributed by atoms with Crippen molar-refractivity contribution >= 4 is 5.82 Å². The smallest absolute Gasteiger partial charge is 0.141 e. The van der Waals surface area contributed by atoms with Crippen molar-refractivity contribution in [3.05, 3.63) is 54.0 Å². The monoisotopic (exact) mass is 389 g/mol. The van der Waals surface area contributed by atoms with E-state index in [1.165, 1.54) is 12.3 Å². The molecule has 1 aliphatic rings. The van der Waals surface area contributed by atoms with Crippen LogP contribution in [0.2, 0.25) is 0 Å². The molecule has 0 spiro atoms. The number of aliphatic hydroxyl groups is 2. The summed E-state index contributed by atoms with van der Waals surface area (Å²) in [6, 6.07) is 10.9. The van der Waals surface area contributed by atoms with Crippen LogP contribution in [0.4, 0.5) is 10.2 Å². The maximum Gasteiger partial charge on any atom is 0.141 e. The highest BCUT2D eigenvalue weighted by molar-refractivity contribution is 5.40. The van der Waals surface area contributed by atoms with Gasteiger partial charge < -0.3 is 19.8 Å². The van der Waals surface area contributed by atoms with Crippen molar-refractivity contribution in [2.75, 3.05) is 44.8 Å². The van der Waals surface area contributed by atoms with Gasteiger partial charge in [0.2, 0.25) is 0 Å². The minimum Gasteiger partial charge on any atom is -0.494 e. The van der Waals surface area contributed by atoms with Crippen molar-refractivity contribution in [1.82, 2.24) is 9.88 Å². The Bertz CT molecular complexity index is 742. The average molecular weight is 389 g/mol. The Morgan fingerprint density at radius 2 is 2.04 bits per heavy atom. The first-order valence-electron chi connectivity index (χ1n) is 9.57. The molecule has 1 aromatic carbocycles. The van der Waals surface area contributed by atoms with Crippen LogP contribution in [-0.4, -0.2) is 65.6 Å². The van der Waals surface area contributed by atoms with E-state index < -0.39 is 5.60 Å². The minimum absolute atomic E-state index is 0.125. The molecule has 0 bridgehead atoms. The van der Waals surface area contributed by atoms with E-state index in [-0.39, 0.29) is 12.4 Å². The average Bonchev–Trinajstić information content (AvgIpc) is 3.05. The molecule has 2 N–H and O–H groups in total. The fraction of sp³-hybridized carbons (Fsp3) is 0.476. The molecule has 1 atom stereocenters. The number of hydrogen-bond acceptors (Lipinski definition) is 6. The number of anilines is 1. The highest BCUT2D eigenvalue weighted by atomic mass is 19.1. The Morgan fingerprint density at radius 1 is 1.25 bits per heavy atom. The fourth-order valence-electron chi connectivity index (χ4n) is 3.55. The Hall–Kier alpha value is -2.22. The molecule has 1 saturated heterocycles. The second-order valence-corrected chi connectivity index (χ2v) is 7.47. The molecule has 0 amide bonds. The molecular weight excluding hydrogens is 361 g/mol. The van der Waals surface area contributed by atoms with Crippen molar-refractivity contribution in [3.8, 4) is 5.75 Å². The summed E-state index contributed by atoms with van der Waals surface area (Å²) in [6.45, 7) is 3.06. The van der Waals surface area contributed by atoms with Crippen LogP contribution in [0.5, 0.6) is 5.75 Å². The van der Waals surface area contributed by atoms with Gasteiger partial charge in [0.25, 0.3) is 0 Å². The SMILES string of the molecule is CN(Cc1ccc(OCCCO)cc1)C[C@]1(O)CCN(c2ccc(F)cn2)C1. The second-order valence-electron chi connectivity index (χ2n) is 7.47. The summed E-state index contributed by atoms with van der Waals surface area (Å²) in [4.78, 5) is 8.20. The largest absolute Gasteiger partial charge is 0.494 e. The third kappa shape index (κ3) is 5.64. The highest BCUT2D eigenvalue weighted by Crippen LogP contribution is 2.26. The summed E-state index contributed by atoms with van der Waals surface area (Å²) in [5, 5.41) is 19.8. The molecule has 7 heteroatoms. The van der Waals surface area contributed by atoms with Gasteiger partial charge in [-0.3, -0.25) is 4.90 Å². The molecule has 1 fully saturated rings. The number of hydrogen-bond donors (Lipinski definition) is 2. The van der Waals surface area contributed by atoms with E-state index >= 15 is 0 Å². The third-order valence-corrected chi connectivity index (χ3v) is 4.88. The standard InChI is InChI=1S/C21H28FN3O3/c1-24(14-17-3-6-19(7-4-17)28-12-2-11-26)15-21(27)9-10-25(16-21)20-8-5-18(22)13-23-20/h3-8,13,26-27H,2,9-12,14-16H2,1H3/t21-/m1/s1. The van der Waals surface area contributed by atoms with E-state index in [4.69, 9.17) is 9.84 Å². The lowest BCUT2D eigenvalue weighted by atomic mass is 10.0. The Kier molecular flexibility index (Phi) is 6.83. The summed E-state index contributed by atoms with van der Waals surface area (Å²) < 4.78 is 18.6. The number of β-amino-alcohol motifs (C(OH)–C–C–N with tert-alkyl or cyclic N) is 1. The molecule has 28 heavy (non-hydrogen) atoms. The topological polar surface area (TPSA) is 69.1 Å². The van der Waals surface area contributed by atoms with Gasteiger partial charge in [0, 0.05) is 39.2 Å². The van der Waals surface area contributed by atoms with Crippen molar-refractivity contribution in [3.63, 3.8) is 0 Å². The van der Waals surface area contributed by atoms with Crippen molar-refractivity contribution in [2.45, 2.75) is 25.0 Å². The number of ether oxygens (including phenoxy) is 1. The molecule has 1 aromatic heterocycles. The lowest BCUT2D eigenvalue weighted by Crippen LogP contribution is -2.43. The normalized spacial score (nSPS) is 19.4. The zero-order valence-corrected chi connectivity index (χ0v) is 16.2. The maximum absolute atomic E-state index is 13.1. The van der Waals surface area contributed by atoms with Crippen molar-refractivity contribution in [1.29, 1.82) is 0 Å². The van der Waals surface area contributed by atoms with Gasteiger partial charge in [0.05, 0.1) is 18.4 Å². The van der Waals surface area contributed by atoms with E-state index in [0.29, 0.717) is 51.4 Å². The van der Waals surface area contributed by atoms with Crippen molar-refractivity contribution < 1.29 is 19.3 Å². The molecule has 0 unspecified atom stereocenters. The van der Waals surface area contributed by atoms with Gasteiger partial charge in [-0.25, -0.2) is 9.37 Å². The van der Waals surface area contributed by atoms with Crippen LogP contribution in [0.3, 0.4) is 0 Å². The molecular formula is C21H28FN3O3. The molecule has 6 nitrogen and oxygen atoms in total. The third-order valence-electron chi connectivity index (χ3n) is 4.88. The predicted octanol–water partition coefficient (Wildman–Crippen LogP) is 2.06. The molecule has 152 valence electrons. The fourth-order valence-corrected chi connectivity index (χ4v) is 3.55. The quantitative estimate of drug-likeness (QED) is 0.640. The van der Waals surface area contributed by atoms with E-state index in [1.54, 1.807) is 6.07 Å². The summed E-state index contributed by atoms with van der Waals surface area (Å²) in [7, 11) is 1.99. The number of nitrogens with zero attached hydrogens (tertiary/aromatic N) is 3. The molecule has 3 rings (SSSR count). The Morgan fingerprint density at radius 3 is 2.71 bits per heavy atom. The van der Waals surface area contributed by atoms with Gasteiger partial charge in [-0.2, -0.15) is 0 Å². The van der Waals surface area contributed by atoms with Crippen LogP contribution in [0.1, 0.15) is 18.4 Å². The predicted molar refractivity (Wildman–Crippen MR) is 106 cm³/mol. The van der Waals surface area contributed by atoms with Gasteiger partial charge in [-0.05, 0) is 43.3 Å². The molecule has 2 aromatic rings. The van der Waals surface area contributed by atoms with Gasteiger partial charge >= 0.3 is 0 Å². The van der Waals surface area contributed by atoms with Crippen LogP contribution >= 0.6 is 0 Å². The van der Waals surface area contributed by atoms with Gasteiger partial charge in [0.1, 0.15) is 17.4 Å². The van der Waals surface area contributed by atoms with E-state index in [1.807, 2.05) is 36.2 Å². The lowest BCUT2D eigenvalue weighted by Gasteiger charge is -2.29. The van der Waals surface area contributed by atoms with Crippen LogP contribution in [0, 0.1) is 5.82 Å². The number of likely N-dealkylation sites (N-methyl/N-ethyl adjacent to an activating group) is 1. The maximum atomic E-state index is 13.1. The van der Waals surface area contributed by atoms with Crippen LogP contribution in [0.15, 0.2) is 42.6 Å². The molecule has 2 heterocycles. The first-order chi connectivity index (χ1) is 13.5. The molecule has 0 saturated carbocycles. The zero-order chi connectivity index (χ0) is 20.0. The number of rotatable bonds is 9. The summed E-state index contributed by atoms with van der Waals surface area (Å²) in [6.07, 6.45) is 2.47. The van der Waals surface area contributed by atoms with Crippen LogP contribution in [-0.2, 0) is 6.54 Å². The summed E-state index contributed by atoms with van der Waals surface area (Å²) in [5.41, 5.74) is 0.314. The molecule has 0 aliphatic carbocycles. The summed E-state index contributed by atoms with van der Waals surface area (Å²) in [5.74, 6) is 1.12. The van der Waals surface area contributed by atoms with Crippen molar-refractivity contribution in [2.24, 2.45) is 0 Å². The second kappa shape index (κ2) is 9.32. The zero-order valence-electron chi connectivity index (χ0n) is 16.2. The van der Waals surface area contributed by atoms with Gasteiger partial charge in [0.15, 0.2) is 0 Å². The number of pyridine rings is 1. The summed E-state index contributed by atoms with van der Waals surface area (Å²) >= 11 is 0. The first-order valence-corrected chi connectivity index (χ1v) is 9.57. The van der Waals surface area contributed by atoms with E-state index in [2.05, 4.69) is 9.88 Å². The Balaban J connectivity index is 1.50. The number of halogens is 1. The van der Waals surface area contributed by atoms with Gasteiger partial charge in [-0.15, -0.1) is 0 Å². The van der Waals surface area contributed by atoms with E-state index in [9.17, 15) is 9.50 Å². The highest BCUT2D eigenvalue weighted by Gasteiger charge is 2.37. The van der Waals surface area contributed by atoms with Crippen LogP contribution < -0.4 is 9.64 Å². The number of benzene rings is 1.